The average molecular weight is 468 g/mol. The molecule has 0 radical (unpaired) electrons. The molecule has 2 bridgehead atoms. The molecule has 2 aliphatic rings. The summed E-state index contributed by atoms with van der Waals surface area (Å²) >= 11 is 5.76. The van der Waals surface area contributed by atoms with Crippen molar-refractivity contribution in [2.75, 3.05) is 18.0 Å². The lowest BCUT2D eigenvalue weighted by Gasteiger charge is -2.34. The first-order chi connectivity index (χ1) is 15.1. The highest BCUT2D eigenvalue weighted by atomic mass is 35.5. The summed E-state index contributed by atoms with van der Waals surface area (Å²) in [5.74, 6) is -0.761. The van der Waals surface area contributed by atoms with E-state index in [4.69, 9.17) is 11.6 Å². The molecule has 2 unspecified atom stereocenters. The van der Waals surface area contributed by atoms with Crippen molar-refractivity contribution in [2.24, 2.45) is 0 Å². The third-order valence-electron chi connectivity index (χ3n) is 5.91. The fourth-order valence-corrected chi connectivity index (χ4v) is 4.94. The van der Waals surface area contributed by atoms with Gasteiger partial charge in [-0.2, -0.15) is 13.2 Å². The fourth-order valence-electron chi connectivity index (χ4n) is 4.62. The van der Waals surface area contributed by atoms with Crippen molar-refractivity contribution < 1.29 is 22.7 Å². The maximum atomic E-state index is 15.6. The van der Waals surface area contributed by atoms with Crippen molar-refractivity contribution in [3.05, 3.63) is 40.6 Å². The molecule has 1 aromatic carbocycles. The van der Waals surface area contributed by atoms with Crippen LogP contribution in [0.4, 0.5) is 23.4 Å². The minimum absolute atomic E-state index is 0.129. The van der Waals surface area contributed by atoms with Gasteiger partial charge >= 0.3 is 6.18 Å². The highest BCUT2D eigenvalue weighted by Gasteiger charge is 2.38. The van der Waals surface area contributed by atoms with Gasteiger partial charge in [-0.1, -0.05) is 11.6 Å². The molecule has 5 rings (SSSR count). The summed E-state index contributed by atoms with van der Waals surface area (Å²) < 4.78 is 56.6. The monoisotopic (exact) mass is 467 g/mol. The summed E-state index contributed by atoms with van der Waals surface area (Å²) in [6.07, 6.45) is -1.52. The minimum Gasteiger partial charge on any atom is -0.508 e. The topological polar surface area (TPSA) is 74.2 Å². The Morgan fingerprint density at radius 2 is 1.84 bits per heavy atom. The standard InChI is InChI=1S/C21H18ClF4N5O/c1-9-28-19-14(20(29-9)31-7-10-2-3-11(8-31)30-10)6-27-18(17(19)23)13-4-12(32)5-15(22)16(13)21(24,25)26/h4-6,10-11,30,32H,2-3,7-8H2,1H3. The Hall–Kier alpha value is -2.72. The van der Waals surface area contributed by atoms with Gasteiger partial charge in [-0.25, -0.2) is 14.4 Å². The predicted octanol–water partition coefficient (Wildman–Crippen LogP) is 4.46. The lowest BCUT2D eigenvalue weighted by molar-refractivity contribution is -0.137. The molecule has 2 N–H and O–H groups in total. The number of fused-ring (bicyclic) bond motifs is 3. The fraction of sp³-hybridized carbons (Fsp3) is 0.381. The number of aromatic hydroxyl groups is 1. The lowest BCUT2D eigenvalue weighted by atomic mass is 10.0. The zero-order chi connectivity index (χ0) is 22.8. The van der Waals surface area contributed by atoms with E-state index in [9.17, 15) is 18.3 Å². The molecule has 2 aromatic heterocycles. The number of nitrogens with zero attached hydrogens (tertiary/aromatic N) is 4. The van der Waals surface area contributed by atoms with Gasteiger partial charge in [0.2, 0.25) is 0 Å². The van der Waals surface area contributed by atoms with Gasteiger partial charge in [0.25, 0.3) is 0 Å². The van der Waals surface area contributed by atoms with Crippen molar-refractivity contribution in [1.29, 1.82) is 0 Å². The average Bonchev–Trinajstić information content (AvgIpc) is 3.04. The minimum atomic E-state index is -4.88. The number of piperazine rings is 1. The van der Waals surface area contributed by atoms with E-state index in [1.54, 1.807) is 6.92 Å². The SMILES string of the molecule is Cc1nc(N2CC3CCC(C2)N3)c2cnc(-c3cc(O)cc(Cl)c3C(F)(F)F)c(F)c2n1. The Bertz CT molecular complexity index is 1220. The van der Waals surface area contributed by atoms with Gasteiger partial charge in [-0.05, 0) is 31.9 Å². The van der Waals surface area contributed by atoms with Gasteiger partial charge < -0.3 is 15.3 Å². The van der Waals surface area contributed by atoms with E-state index in [2.05, 4.69) is 20.3 Å². The Balaban J connectivity index is 1.70. The van der Waals surface area contributed by atoms with Crippen LogP contribution in [0.2, 0.25) is 5.02 Å². The number of aromatic nitrogens is 3. The number of phenols is 1. The van der Waals surface area contributed by atoms with E-state index >= 15 is 4.39 Å². The quantitative estimate of drug-likeness (QED) is 0.542. The van der Waals surface area contributed by atoms with Crippen LogP contribution in [-0.4, -0.2) is 45.2 Å². The van der Waals surface area contributed by atoms with Crippen LogP contribution in [0.3, 0.4) is 0 Å². The first kappa shape index (κ1) is 21.1. The molecule has 0 amide bonds. The molecule has 168 valence electrons. The number of aryl methyl sites for hydroxylation is 1. The van der Waals surface area contributed by atoms with E-state index in [-0.39, 0.29) is 5.52 Å². The molecule has 2 atom stereocenters. The van der Waals surface area contributed by atoms with Crippen molar-refractivity contribution in [2.45, 2.75) is 38.0 Å². The molecule has 0 spiro atoms. The van der Waals surface area contributed by atoms with Crippen molar-refractivity contribution in [1.82, 2.24) is 20.3 Å². The Morgan fingerprint density at radius 3 is 2.50 bits per heavy atom. The molecule has 2 saturated heterocycles. The molecule has 6 nitrogen and oxygen atoms in total. The normalized spacial score (nSPS) is 20.9. The molecule has 2 fully saturated rings. The predicted molar refractivity (Wildman–Crippen MR) is 111 cm³/mol. The number of hydrogen-bond donors (Lipinski definition) is 2. The number of hydrogen-bond acceptors (Lipinski definition) is 6. The molecule has 32 heavy (non-hydrogen) atoms. The number of anilines is 1. The molecular weight excluding hydrogens is 450 g/mol. The van der Waals surface area contributed by atoms with Gasteiger partial charge in [0, 0.05) is 36.9 Å². The molecular formula is C21H18ClF4N5O. The maximum Gasteiger partial charge on any atom is 0.418 e. The number of nitrogens with one attached hydrogen (secondary N) is 1. The smallest absolute Gasteiger partial charge is 0.418 e. The summed E-state index contributed by atoms with van der Waals surface area (Å²) in [4.78, 5) is 14.7. The lowest BCUT2D eigenvalue weighted by Crippen LogP contribution is -2.51. The van der Waals surface area contributed by atoms with Crippen LogP contribution < -0.4 is 10.2 Å². The van der Waals surface area contributed by atoms with Crippen LogP contribution in [0.15, 0.2) is 18.3 Å². The number of phenolic OH excluding ortho intramolecular Hbond substituents is 1. The Morgan fingerprint density at radius 1 is 1.16 bits per heavy atom. The molecule has 11 heteroatoms. The Labute approximate surface area is 185 Å². The van der Waals surface area contributed by atoms with E-state index in [0.29, 0.717) is 42.2 Å². The number of pyridine rings is 1. The molecule has 4 heterocycles. The summed E-state index contributed by atoms with van der Waals surface area (Å²) in [6, 6.07) is 2.17. The summed E-state index contributed by atoms with van der Waals surface area (Å²) in [7, 11) is 0. The van der Waals surface area contributed by atoms with Crippen LogP contribution in [-0.2, 0) is 6.18 Å². The van der Waals surface area contributed by atoms with Crippen LogP contribution in [0.1, 0.15) is 24.2 Å². The van der Waals surface area contributed by atoms with Crippen LogP contribution in [0, 0.1) is 12.7 Å². The van der Waals surface area contributed by atoms with Gasteiger partial charge in [0.15, 0.2) is 5.82 Å². The number of rotatable bonds is 2. The zero-order valence-corrected chi connectivity index (χ0v) is 17.6. The second kappa shape index (κ2) is 7.41. The first-order valence-corrected chi connectivity index (χ1v) is 10.4. The maximum absolute atomic E-state index is 15.6. The van der Waals surface area contributed by atoms with E-state index in [1.807, 2.05) is 4.90 Å². The Kier molecular flexibility index (Phi) is 4.90. The summed E-state index contributed by atoms with van der Waals surface area (Å²) in [5.41, 5.74) is -2.64. The molecule has 3 aromatic rings. The van der Waals surface area contributed by atoms with Gasteiger partial charge in [0.1, 0.15) is 28.6 Å². The van der Waals surface area contributed by atoms with Gasteiger partial charge in [-0.15, -0.1) is 0 Å². The van der Waals surface area contributed by atoms with E-state index in [0.717, 1.165) is 25.0 Å². The van der Waals surface area contributed by atoms with Crippen molar-refractivity contribution in [3.63, 3.8) is 0 Å². The van der Waals surface area contributed by atoms with Crippen LogP contribution in [0.5, 0.6) is 5.75 Å². The highest BCUT2D eigenvalue weighted by Crippen LogP contribution is 2.44. The summed E-state index contributed by atoms with van der Waals surface area (Å²) in [6.45, 7) is 2.98. The van der Waals surface area contributed by atoms with Crippen molar-refractivity contribution >= 4 is 28.3 Å². The van der Waals surface area contributed by atoms with Gasteiger partial charge in [0.05, 0.1) is 16.0 Å². The van der Waals surface area contributed by atoms with E-state index < -0.39 is 39.6 Å². The highest BCUT2D eigenvalue weighted by molar-refractivity contribution is 6.32. The third-order valence-corrected chi connectivity index (χ3v) is 6.20. The van der Waals surface area contributed by atoms with Gasteiger partial charge in [-0.3, -0.25) is 4.98 Å². The molecule has 0 aliphatic carbocycles. The number of halogens is 5. The zero-order valence-electron chi connectivity index (χ0n) is 16.8. The number of alkyl halides is 3. The first-order valence-electron chi connectivity index (χ1n) is 10.1. The molecule has 2 aliphatic heterocycles. The summed E-state index contributed by atoms with van der Waals surface area (Å²) in [5, 5.41) is 12.9. The largest absolute Gasteiger partial charge is 0.508 e. The van der Waals surface area contributed by atoms with Crippen LogP contribution >= 0.6 is 11.6 Å². The van der Waals surface area contributed by atoms with E-state index in [1.165, 1.54) is 6.20 Å². The third kappa shape index (κ3) is 3.51. The molecule has 0 saturated carbocycles. The second-order valence-corrected chi connectivity index (χ2v) is 8.58. The second-order valence-electron chi connectivity index (χ2n) is 8.17. The van der Waals surface area contributed by atoms with Crippen molar-refractivity contribution in [3.8, 4) is 17.0 Å². The van der Waals surface area contributed by atoms with Crippen LogP contribution in [0.25, 0.3) is 22.2 Å². The number of benzene rings is 1.